The van der Waals surface area contributed by atoms with Gasteiger partial charge in [0.15, 0.2) is 5.84 Å². The quantitative estimate of drug-likeness (QED) is 0.194. The van der Waals surface area contributed by atoms with Crippen molar-refractivity contribution in [2.75, 3.05) is 0 Å². The minimum Gasteiger partial charge on any atom is -0.456 e. The summed E-state index contributed by atoms with van der Waals surface area (Å²) >= 11 is 0. The number of rotatable bonds is 5. The molecular formula is C51H33N3O. The number of nitrogens with zero attached hydrogens (tertiary/aromatic N) is 2. The molecule has 0 aliphatic carbocycles. The summed E-state index contributed by atoms with van der Waals surface area (Å²) in [5, 5.41) is 12.9. The maximum absolute atomic E-state index is 6.71. The Kier molecular flexibility index (Phi) is 7.20. The lowest BCUT2D eigenvalue weighted by atomic mass is 9.89. The topological polar surface area (TPSA) is 49.9 Å². The van der Waals surface area contributed by atoms with E-state index in [1.54, 1.807) is 0 Å². The molecule has 0 fully saturated rings. The molecule has 2 heterocycles. The zero-order valence-corrected chi connectivity index (χ0v) is 29.8. The van der Waals surface area contributed by atoms with Gasteiger partial charge in [0.05, 0.1) is 0 Å². The number of fused-ring (bicyclic) bond motifs is 6. The molecule has 1 unspecified atom stereocenters. The van der Waals surface area contributed by atoms with E-state index in [1.165, 1.54) is 10.8 Å². The molecule has 1 N–H and O–H groups in total. The van der Waals surface area contributed by atoms with Crippen LogP contribution in [-0.4, -0.2) is 11.7 Å². The lowest BCUT2D eigenvalue weighted by Gasteiger charge is -2.25. The largest absolute Gasteiger partial charge is 0.456 e. The van der Waals surface area contributed by atoms with E-state index in [0.29, 0.717) is 5.84 Å². The van der Waals surface area contributed by atoms with E-state index in [4.69, 9.17) is 14.4 Å². The van der Waals surface area contributed by atoms with Crippen molar-refractivity contribution < 1.29 is 4.42 Å². The highest BCUT2D eigenvalue weighted by Crippen LogP contribution is 2.44. The summed E-state index contributed by atoms with van der Waals surface area (Å²) in [6.07, 6.45) is -0.370. The predicted molar refractivity (Wildman–Crippen MR) is 229 cm³/mol. The van der Waals surface area contributed by atoms with Crippen molar-refractivity contribution in [2.24, 2.45) is 9.98 Å². The first-order chi connectivity index (χ1) is 27.2. The fraction of sp³-hybridized carbons (Fsp3) is 0.0196. The number of nitrogens with one attached hydrogen (secondary N) is 1. The summed E-state index contributed by atoms with van der Waals surface area (Å²) in [5.74, 6) is 1.50. The van der Waals surface area contributed by atoms with Crippen molar-refractivity contribution in [3.8, 4) is 22.3 Å². The predicted octanol–water partition coefficient (Wildman–Crippen LogP) is 12.9. The summed E-state index contributed by atoms with van der Waals surface area (Å²) in [7, 11) is 0. The summed E-state index contributed by atoms with van der Waals surface area (Å²) < 4.78 is 6.71. The average Bonchev–Trinajstić information content (AvgIpc) is 3.62. The van der Waals surface area contributed by atoms with Gasteiger partial charge >= 0.3 is 0 Å². The van der Waals surface area contributed by atoms with Crippen LogP contribution in [0, 0.1) is 0 Å². The minimum absolute atomic E-state index is 0.370. The Labute approximate surface area is 317 Å². The van der Waals surface area contributed by atoms with Gasteiger partial charge in [-0.2, -0.15) is 0 Å². The molecule has 55 heavy (non-hydrogen) atoms. The van der Waals surface area contributed by atoms with Gasteiger partial charge in [0.1, 0.15) is 23.2 Å². The highest BCUT2D eigenvalue weighted by atomic mass is 16.3. The Morgan fingerprint density at radius 1 is 0.418 bits per heavy atom. The molecule has 0 radical (unpaired) electrons. The van der Waals surface area contributed by atoms with E-state index in [1.807, 2.05) is 18.2 Å². The number of hydrogen-bond donors (Lipinski definition) is 1. The van der Waals surface area contributed by atoms with Crippen LogP contribution >= 0.6 is 0 Å². The lowest BCUT2D eigenvalue weighted by Crippen LogP contribution is -2.33. The molecule has 258 valence electrons. The van der Waals surface area contributed by atoms with Crippen molar-refractivity contribution in [3.05, 3.63) is 205 Å². The summed E-state index contributed by atoms with van der Waals surface area (Å²) in [4.78, 5) is 10.4. The second-order valence-electron chi connectivity index (χ2n) is 14.2. The average molecular weight is 704 g/mol. The van der Waals surface area contributed by atoms with Crippen molar-refractivity contribution >= 4 is 65.9 Å². The third-order valence-corrected chi connectivity index (χ3v) is 10.9. The van der Waals surface area contributed by atoms with E-state index < -0.39 is 0 Å². The fourth-order valence-electron chi connectivity index (χ4n) is 8.21. The molecular weight excluding hydrogens is 671 g/mol. The first-order valence-electron chi connectivity index (χ1n) is 18.7. The fourth-order valence-corrected chi connectivity index (χ4v) is 8.21. The Morgan fingerprint density at radius 3 is 1.85 bits per heavy atom. The van der Waals surface area contributed by atoms with Crippen LogP contribution in [0.3, 0.4) is 0 Å². The molecule has 0 bridgehead atoms. The van der Waals surface area contributed by atoms with Crippen LogP contribution in [0.4, 0.5) is 0 Å². The van der Waals surface area contributed by atoms with Crippen LogP contribution in [0.1, 0.15) is 22.9 Å². The van der Waals surface area contributed by atoms with Crippen molar-refractivity contribution in [1.82, 2.24) is 5.32 Å². The normalized spacial score (nSPS) is 14.4. The van der Waals surface area contributed by atoms with Gasteiger partial charge in [-0.15, -0.1) is 0 Å². The molecule has 1 aliphatic heterocycles. The molecule has 1 atom stereocenters. The van der Waals surface area contributed by atoms with Gasteiger partial charge in [-0.25, -0.2) is 9.98 Å². The number of aliphatic imine (C=N–C) groups is 2. The Hall–Kier alpha value is -7.30. The molecule has 9 aromatic carbocycles. The molecule has 0 saturated heterocycles. The lowest BCUT2D eigenvalue weighted by molar-refractivity contribution is 0.669. The maximum atomic E-state index is 6.71. The monoisotopic (exact) mass is 703 g/mol. The first kappa shape index (κ1) is 31.2. The van der Waals surface area contributed by atoms with Gasteiger partial charge in [-0.1, -0.05) is 158 Å². The van der Waals surface area contributed by atoms with Crippen LogP contribution in [0.25, 0.3) is 76.5 Å². The number of hydrogen-bond acceptors (Lipinski definition) is 4. The number of furan rings is 1. The highest BCUT2D eigenvalue weighted by Gasteiger charge is 2.25. The highest BCUT2D eigenvalue weighted by molar-refractivity contribution is 6.19. The molecule has 1 aliphatic rings. The van der Waals surface area contributed by atoms with Crippen molar-refractivity contribution in [2.45, 2.75) is 6.17 Å². The van der Waals surface area contributed by atoms with Gasteiger partial charge in [0, 0.05) is 27.5 Å². The SMILES string of the molecule is c1ccc(C2=NC(c3ccc4ccccc4c3)=NC(c3ccc(-c4cc(-c5ccccc5)cc5oc6cc7ccccc7cc6c45)c4ccccc34)N2)cc1. The van der Waals surface area contributed by atoms with E-state index >= 15 is 0 Å². The first-order valence-corrected chi connectivity index (χ1v) is 18.7. The third kappa shape index (κ3) is 5.38. The molecule has 0 saturated carbocycles. The van der Waals surface area contributed by atoms with Crippen LogP contribution < -0.4 is 5.32 Å². The molecule has 4 nitrogen and oxygen atoms in total. The van der Waals surface area contributed by atoms with Gasteiger partial charge < -0.3 is 9.73 Å². The molecule has 11 rings (SSSR count). The second-order valence-corrected chi connectivity index (χ2v) is 14.2. The number of amidine groups is 2. The standard InChI is InChI=1S/C51H33N3O/c1-3-13-32(14-4-1)39-29-44(48-45-28-36-19-9-10-20-37(36)30-46(45)55-47(48)31-39)42-25-26-43(41-22-12-11-21-40(41)42)51-53-49(34-16-5-2-6-17-34)52-50(54-51)38-24-23-33-15-7-8-18-35(33)27-38/h1-31,51H,(H,52,53,54). The van der Waals surface area contributed by atoms with Crippen molar-refractivity contribution in [3.63, 3.8) is 0 Å². The zero-order chi connectivity index (χ0) is 36.3. The van der Waals surface area contributed by atoms with Crippen LogP contribution in [-0.2, 0) is 0 Å². The molecule has 1 aromatic heterocycles. The summed E-state index contributed by atoms with van der Waals surface area (Å²) in [6, 6.07) is 66.4. The third-order valence-electron chi connectivity index (χ3n) is 10.9. The van der Waals surface area contributed by atoms with Crippen LogP contribution in [0.2, 0.25) is 0 Å². The molecule has 0 spiro atoms. The van der Waals surface area contributed by atoms with Crippen LogP contribution in [0.15, 0.2) is 202 Å². The van der Waals surface area contributed by atoms with Gasteiger partial charge in [0.2, 0.25) is 0 Å². The van der Waals surface area contributed by atoms with Gasteiger partial charge in [-0.05, 0) is 84.9 Å². The van der Waals surface area contributed by atoms with Crippen molar-refractivity contribution in [1.29, 1.82) is 0 Å². The zero-order valence-electron chi connectivity index (χ0n) is 29.8. The van der Waals surface area contributed by atoms with Crippen LogP contribution in [0.5, 0.6) is 0 Å². The van der Waals surface area contributed by atoms with Gasteiger partial charge in [0.25, 0.3) is 0 Å². The van der Waals surface area contributed by atoms with E-state index in [9.17, 15) is 0 Å². The Balaban J connectivity index is 1.12. The number of benzene rings is 9. The maximum Gasteiger partial charge on any atom is 0.159 e. The Bertz CT molecular complexity index is 3180. The van der Waals surface area contributed by atoms with E-state index in [0.717, 1.165) is 88.3 Å². The molecule has 4 heteroatoms. The smallest absolute Gasteiger partial charge is 0.159 e. The summed E-state index contributed by atoms with van der Waals surface area (Å²) in [6.45, 7) is 0. The second kappa shape index (κ2) is 12.7. The van der Waals surface area contributed by atoms with E-state index in [-0.39, 0.29) is 6.17 Å². The summed E-state index contributed by atoms with van der Waals surface area (Å²) in [5.41, 5.74) is 9.38. The molecule has 10 aromatic rings. The Morgan fingerprint density at radius 2 is 1.07 bits per heavy atom. The molecule has 0 amide bonds. The van der Waals surface area contributed by atoms with Gasteiger partial charge in [-0.3, -0.25) is 0 Å². The van der Waals surface area contributed by atoms with E-state index in [2.05, 4.69) is 175 Å². The minimum atomic E-state index is -0.370.